The van der Waals surface area contributed by atoms with E-state index in [4.69, 9.17) is 6.57 Å². The van der Waals surface area contributed by atoms with Gasteiger partial charge in [0.1, 0.15) is 5.69 Å². The molecule has 0 bridgehead atoms. The van der Waals surface area contributed by atoms with Crippen molar-refractivity contribution in [1.82, 2.24) is 9.97 Å². The van der Waals surface area contributed by atoms with Gasteiger partial charge < -0.3 is 9.97 Å². The molecular weight excluding hydrogens is 583 g/mol. The first kappa shape index (κ1) is 23.8. The molecule has 161 valence electrons. The zero-order valence-electron chi connectivity index (χ0n) is 17.6. The average molecular weight is 602 g/mol. The molecule has 5 rings (SSSR count). The van der Waals surface area contributed by atoms with E-state index in [1.807, 2.05) is 78.9 Å². The molecule has 3 aromatic carbocycles. The molecule has 1 radical (unpaired) electrons. The number of nitrogens with zero attached hydrogens (tertiary/aromatic N) is 3. The Morgan fingerprint density at radius 1 is 0.606 bits per heavy atom. The topological polar surface area (TPSA) is 30.1 Å². The SMILES string of the molecule is [C-]#[N+]c1cc[c-]c(-c2cc(-c3ccccc3)ccn2)c1.[Ir].[c-]1ccccc1-c1ccccn1. The van der Waals surface area contributed by atoms with Crippen LogP contribution in [-0.2, 0) is 20.1 Å². The Balaban J connectivity index is 0.000000202. The molecule has 0 spiro atoms. The van der Waals surface area contributed by atoms with Crippen molar-refractivity contribution in [3.63, 3.8) is 0 Å². The fourth-order valence-electron chi connectivity index (χ4n) is 3.13. The summed E-state index contributed by atoms with van der Waals surface area (Å²) in [6, 6.07) is 39.4. The maximum absolute atomic E-state index is 7.07. The third kappa shape index (κ3) is 6.54. The maximum Gasteiger partial charge on any atom is 0.108 e. The number of hydrogen-bond acceptors (Lipinski definition) is 2. The first-order valence-corrected chi connectivity index (χ1v) is 10.1. The normalized spacial score (nSPS) is 9.55. The summed E-state index contributed by atoms with van der Waals surface area (Å²) in [5, 5.41) is 0. The van der Waals surface area contributed by atoms with Gasteiger partial charge in [-0.25, -0.2) is 0 Å². The van der Waals surface area contributed by atoms with Gasteiger partial charge in [0.05, 0.1) is 6.57 Å². The first-order chi connectivity index (χ1) is 15.8. The molecule has 0 atom stereocenters. The van der Waals surface area contributed by atoms with E-state index in [0.717, 1.165) is 33.6 Å². The summed E-state index contributed by atoms with van der Waals surface area (Å²) >= 11 is 0. The average Bonchev–Trinajstić information content (AvgIpc) is 2.91. The molecule has 0 fully saturated rings. The Bertz CT molecular complexity index is 1280. The first-order valence-electron chi connectivity index (χ1n) is 10.1. The third-order valence-electron chi connectivity index (χ3n) is 4.71. The Kier molecular flexibility index (Phi) is 8.79. The van der Waals surface area contributed by atoms with Crippen molar-refractivity contribution in [1.29, 1.82) is 0 Å². The standard InChI is InChI=1S/C18H11N2.C11H8N.Ir/c1-19-17-9-5-8-16(12-17)18-13-15(10-11-20-18)14-6-3-2-4-7-14;1-2-6-10(7-3-1)11-8-4-5-9-12-11;/h2-7,9-13H;1-6,8-9H;/q2*-1;. The minimum atomic E-state index is 0. The van der Waals surface area contributed by atoms with Gasteiger partial charge in [-0.2, -0.15) is 6.07 Å². The molecule has 0 aliphatic heterocycles. The van der Waals surface area contributed by atoms with Crippen LogP contribution in [0, 0.1) is 18.7 Å². The number of hydrogen-bond donors (Lipinski definition) is 0. The predicted octanol–water partition coefficient (Wildman–Crippen LogP) is 7.31. The van der Waals surface area contributed by atoms with Gasteiger partial charge in [0.15, 0.2) is 0 Å². The Morgan fingerprint density at radius 3 is 2.09 bits per heavy atom. The Hall–Kier alpha value is -3.90. The van der Waals surface area contributed by atoms with Crippen molar-refractivity contribution in [3.8, 4) is 33.6 Å². The van der Waals surface area contributed by atoms with E-state index in [-0.39, 0.29) is 20.1 Å². The molecule has 0 unspecified atom stereocenters. The number of rotatable bonds is 3. The quantitative estimate of drug-likeness (QED) is 0.203. The van der Waals surface area contributed by atoms with Crippen molar-refractivity contribution in [3.05, 3.63) is 139 Å². The van der Waals surface area contributed by atoms with Gasteiger partial charge in [0.2, 0.25) is 0 Å². The van der Waals surface area contributed by atoms with Gasteiger partial charge in [-0.05, 0) is 34.6 Å². The zero-order valence-corrected chi connectivity index (χ0v) is 20.0. The second-order valence-electron chi connectivity index (χ2n) is 6.86. The molecule has 0 aliphatic rings. The molecule has 3 nitrogen and oxygen atoms in total. The summed E-state index contributed by atoms with van der Waals surface area (Å²) in [6.45, 7) is 7.07. The molecule has 4 heteroatoms. The van der Waals surface area contributed by atoms with Crippen molar-refractivity contribution in [2.24, 2.45) is 0 Å². The molecule has 0 N–H and O–H groups in total. The smallest absolute Gasteiger partial charge is 0.108 e. The monoisotopic (exact) mass is 602 g/mol. The van der Waals surface area contributed by atoms with Crippen LogP contribution >= 0.6 is 0 Å². The summed E-state index contributed by atoms with van der Waals surface area (Å²) in [5.74, 6) is 0. The predicted molar refractivity (Wildman–Crippen MR) is 129 cm³/mol. The van der Waals surface area contributed by atoms with Gasteiger partial charge in [0, 0.05) is 32.5 Å². The van der Waals surface area contributed by atoms with E-state index >= 15 is 0 Å². The van der Waals surface area contributed by atoms with E-state index < -0.39 is 0 Å². The molecule has 33 heavy (non-hydrogen) atoms. The Labute approximate surface area is 208 Å². The van der Waals surface area contributed by atoms with E-state index in [0.29, 0.717) is 5.69 Å². The van der Waals surface area contributed by atoms with Gasteiger partial charge in [-0.15, -0.1) is 59.7 Å². The van der Waals surface area contributed by atoms with Crippen LogP contribution in [0.5, 0.6) is 0 Å². The van der Waals surface area contributed by atoms with Gasteiger partial charge in [-0.3, -0.25) is 4.85 Å². The van der Waals surface area contributed by atoms with Crippen LogP contribution in [0.4, 0.5) is 5.69 Å². The summed E-state index contributed by atoms with van der Waals surface area (Å²) in [5.41, 5.74) is 6.55. The van der Waals surface area contributed by atoms with Crippen molar-refractivity contribution >= 4 is 5.69 Å². The number of pyridine rings is 2. The van der Waals surface area contributed by atoms with Gasteiger partial charge >= 0.3 is 0 Å². The van der Waals surface area contributed by atoms with Gasteiger partial charge in [-0.1, -0.05) is 48.5 Å². The number of aromatic nitrogens is 2. The van der Waals surface area contributed by atoms with Gasteiger partial charge in [0.25, 0.3) is 0 Å². The fourth-order valence-corrected chi connectivity index (χ4v) is 3.13. The third-order valence-corrected chi connectivity index (χ3v) is 4.71. The largest absolute Gasteiger partial charge is 0.305 e. The molecular formula is C29H19IrN3-2. The van der Waals surface area contributed by atoms with E-state index in [2.05, 4.69) is 39.1 Å². The van der Waals surface area contributed by atoms with Crippen LogP contribution in [0.25, 0.3) is 38.5 Å². The number of benzene rings is 3. The summed E-state index contributed by atoms with van der Waals surface area (Å²) in [6.07, 6.45) is 3.58. The van der Waals surface area contributed by atoms with Crippen LogP contribution in [0.15, 0.2) is 116 Å². The maximum atomic E-state index is 7.07. The fraction of sp³-hybridized carbons (Fsp3) is 0. The minimum absolute atomic E-state index is 0. The van der Waals surface area contributed by atoms with E-state index in [1.54, 1.807) is 24.5 Å². The van der Waals surface area contributed by atoms with Crippen molar-refractivity contribution in [2.75, 3.05) is 0 Å². The van der Waals surface area contributed by atoms with E-state index in [9.17, 15) is 0 Å². The molecule has 2 heterocycles. The Morgan fingerprint density at radius 2 is 1.36 bits per heavy atom. The van der Waals surface area contributed by atoms with Crippen LogP contribution < -0.4 is 0 Å². The van der Waals surface area contributed by atoms with Crippen molar-refractivity contribution in [2.45, 2.75) is 0 Å². The summed E-state index contributed by atoms with van der Waals surface area (Å²) < 4.78 is 0. The molecule has 0 saturated carbocycles. The molecule has 0 aliphatic carbocycles. The minimum Gasteiger partial charge on any atom is -0.305 e. The molecule has 5 aromatic rings. The summed E-state index contributed by atoms with van der Waals surface area (Å²) in [7, 11) is 0. The second-order valence-corrected chi connectivity index (χ2v) is 6.86. The van der Waals surface area contributed by atoms with Crippen LogP contribution in [-0.4, -0.2) is 9.97 Å². The zero-order chi connectivity index (χ0) is 22.0. The van der Waals surface area contributed by atoms with Crippen LogP contribution in [0.1, 0.15) is 0 Å². The second kappa shape index (κ2) is 12.2. The molecule has 0 amide bonds. The van der Waals surface area contributed by atoms with Crippen LogP contribution in [0.3, 0.4) is 0 Å². The molecule has 0 saturated heterocycles. The molecule has 2 aromatic heterocycles. The van der Waals surface area contributed by atoms with Crippen LogP contribution in [0.2, 0.25) is 0 Å². The van der Waals surface area contributed by atoms with Crippen molar-refractivity contribution < 1.29 is 20.1 Å². The summed E-state index contributed by atoms with van der Waals surface area (Å²) in [4.78, 5) is 12.0. The van der Waals surface area contributed by atoms with E-state index in [1.165, 1.54) is 0 Å².